The van der Waals surface area contributed by atoms with Crippen LogP contribution in [0.3, 0.4) is 0 Å². The third-order valence-corrected chi connectivity index (χ3v) is 4.92. The summed E-state index contributed by atoms with van der Waals surface area (Å²) in [6.45, 7) is 8.09. The molecule has 0 aromatic carbocycles. The molecule has 1 aliphatic heterocycles. The van der Waals surface area contributed by atoms with Crippen LogP contribution >= 0.6 is 0 Å². The van der Waals surface area contributed by atoms with Crippen LogP contribution in [-0.2, 0) is 0 Å². The maximum Gasteiger partial charge on any atom is 0.0165 e. The molecule has 1 N–H and O–H groups in total. The Hall–Kier alpha value is -0.340. The van der Waals surface area contributed by atoms with Crippen molar-refractivity contribution in [3.05, 3.63) is 11.6 Å². The first-order chi connectivity index (χ1) is 9.74. The Kier molecular flexibility index (Phi) is 7.09. The molecule has 1 heterocycles. The van der Waals surface area contributed by atoms with Crippen molar-refractivity contribution in [2.75, 3.05) is 19.6 Å². The highest BCUT2D eigenvalue weighted by Gasteiger charge is 2.21. The Morgan fingerprint density at radius 3 is 2.05 bits per heavy atom. The molecule has 20 heavy (non-hydrogen) atoms. The molecule has 0 aromatic heterocycles. The zero-order valence-corrected chi connectivity index (χ0v) is 13.7. The molecule has 116 valence electrons. The summed E-state index contributed by atoms with van der Waals surface area (Å²) < 4.78 is 0. The van der Waals surface area contributed by atoms with Gasteiger partial charge in [0.15, 0.2) is 0 Å². The van der Waals surface area contributed by atoms with Crippen LogP contribution in [0.4, 0.5) is 0 Å². The summed E-state index contributed by atoms with van der Waals surface area (Å²) >= 11 is 0. The third kappa shape index (κ3) is 5.97. The molecule has 0 unspecified atom stereocenters. The fourth-order valence-corrected chi connectivity index (χ4v) is 3.55. The van der Waals surface area contributed by atoms with Crippen LogP contribution in [0.25, 0.3) is 0 Å². The van der Waals surface area contributed by atoms with Gasteiger partial charge in [0.1, 0.15) is 0 Å². The lowest BCUT2D eigenvalue weighted by molar-refractivity contribution is 0.200. The van der Waals surface area contributed by atoms with Crippen molar-refractivity contribution in [2.45, 2.75) is 83.7 Å². The van der Waals surface area contributed by atoms with E-state index in [4.69, 9.17) is 0 Å². The lowest BCUT2D eigenvalue weighted by Crippen LogP contribution is -2.46. The van der Waals surface area contributed by atoms with E-state index in [1.54, 1.807) is 0 Å². The summed E-state index contributed by atoms with van der Waals surface area (Å²) in [6.07, 6.45) is 15.1. The first-order valence-corrected chi connectivity index (χ1v) is 8.86. The van der Waals surface area contributed by atoms with Gasteiger partial charge in [0, 0.05) is 18.6 Å². The molecule has 0 atom stereocenters. The number of hydrogen-bond donors (Lipinski definition) is 1. The fraction of sp³-hybridized carbons (Fsp3) is 0.889. The quantitative estimate of drug-likeness (QED) is 0.778. The molecule has 0 aromatic rings. The number of nitrogens with one attached hydrogen (secondary N) is 1. The first-order valence-electron chi connectivity index (χ1n) is 8.86. The van der Waals surface area contributed by atoms with Crippen LogP contribution in [0, 0.1) is 0 Å². The lowest BCUT2D eigenvalue weighted by atomic mass is 9.94. The van der Waals surface area contributed by atoms with E-state index >= 15 is 0 Å². The average Bonchev–Trinajstić information content (AvgIpc) is 2.41. The molecule has 2 heteroatoms. The van der Waals surface area contributed by atoms with Crippen LogP contribution in [0.1, 0.15) is 71.6 Å². The highest BCUT2D eigenvalue weighted by Crippen LogP contribution is 2.19. The standard InChI is InChI=1S/C18H34N2/c1-16(2)10-13-20-14-11-18(12-15-20)19-17-8-6-4-3-5-7-9-17/h10,17-19H,3-9,11-15H2,1-2H3. The molecule has 0 spiro atoms. The Morgan fingerprint density at radius 2 is 1.45 bits per heavy atom. The van der Waals surface area contributed by atoms with Crippen molar-refractivity contribution in [1.29, 1.82) is 0 Å². The second kappa shape index (κ2) is 8.84. The molecule has 2 fully saturated rings. The number of likely N-dealkylation sites (tertiary alicyclic amines) is 1. The summed E-state index contributed by atoms with van der Waals surface area (Å²) in [4.78, 5) is 2.60. The molecule has 2 aliphatic rings. The summed E-state index contributed by atoms with van der Waals surface area (Å²) in [5.41, 5.74) is 1.44. The third-order valence-electron chi connectivity index (χ3n) is 4.92. The van der Waals surface area contributed by atoms with E-state index in [2.05, 4.69) is 30.1 Å². The molecule has 0 amide bonds. The Balaban J connectivity index is 1.66. The molecule has 1 saturated carbocycles. The Bertz CT molecular complexity index is 278. The van der Waals surface area contributed by atoms with Gasteiger partial charge in [0.25, 0.3) is 0 Å². The minimum absolute atomic E-state index is 0.780. The second-order valence-electron chi connectivity index (χ2n) is 7.07. The summed E-state index contributed by atoms with van der Waals surface area (Å²) in [5, 5.41) is 3.97. The number of hydrogen-bond acceptors (Lipinski definition) is 2. The number of rotatable bonds is 4. The van der Waals surface area contributed by atoms with E-state index in [1.807, 2.05) is 0 Å². The monoisotopic (exact) mass is 278 g/mol. The van der Waals surface area contributed by atoms with E-state index in [1.165, 1.54) is 76.5 Å². The highest BCUT2D eigenvalue weighted by atomic mass is 15.1. The van der Waals surface area contributed by atoms with E-state index in [0.29, 0.717) is 0 Å². The van der Waals surface area contributed by atoms with E-state index in [-0.39, 0.29) is 0 Å². The van der Waals surface area contributed by atoms with Crippen molar-refractivity contribution < 1.29 is 0 Å². The van der Waals surface area contributed by atoms with E-state index in [0.717, 1.165) is 18.6 Å². The molecule has 1 saturated heterocycles. The van der Waals surface area contributed by atoms with Crippen LogP contribution < -0.4 is 5.32 Å². The number of nitrogens with zero attached hydrogens (tertiary/aromatic N) is 1. The van der Waals surface area contributed by atoms with E-state index < -0.39 is 0 Å². The summed E-state index contributed by atoms with van der Waals surface area (Å²) in [5.74, 6) is 0. The molecular weight excluding hydrogens is 244 g/mol. The van der Waals surface area contributed by atoms with Gasteiger partial charge in [0.2, 0.25) is 0 Å². The maximum absolute atomic E-state index is 3.97. The van der Waals surface area contributed by atoms with Crippen LogP contribution in [0.5, 0.6) is 0 Å². The minimum atomic E-state index is 0.780. The van der Waals surface area contributed by atoms with Crippen molar-refractivity contribution in [2.24, 2.45) is 0 Å². The zero-order valence-electron chi connectivity index (χ0n) is 13.7. The molecular formula is C18H34N2. The first kappa shape index (κ1) is 16.0. The maximum atomic E-state index is 3.97. The van der Waals surface area contributed by atoms with Gasteiger partial charge in [-0.2, -0.15) is 0 Å². The van der Waals surface area contributed by atoms with Crippen molar-refractivity contribution >= 4 is 0 Å². The van der Waals surface area contributed by atoms with Gasteiger partial charge in [0.05, 0.1) is 0 Å². The van der Waals surface area contributed by atoms with Crippen molar-refractivity contribution in [3.8, 4) is 0 Å². The highest BCUT2D eigenvalue weighted by molar-refractivity contribution is 4.95. The van der Waals surface area contributed by atoms with Gasteiger partial charge in [-0.1, -0.05) is 43.8 Å². The van der Waals surface area contributed by atoms with Crippen LogP contribution in [0.15, 0.2) is 11.6 Å². The number of allylic oxidation sites excluding steroid dienone is 1. The zero-order chi connectivity index (χ0) is 14.2. The van der Waals surface area contributed by atoms with Gasteiger partial charge in [-0.3, -0.25) is 4.90 Å². The Morgan fingerprint density at radius 1 is 0.900 bits per heavy atom. The largest absolute Gasteiger partial charge is 0.311 e. The minimum Gasteiger partial charge on any atom is -0.311 e. The van der Waals surface area contributed by atoms with Crippen LogP contribution in [-0.4, -0.2) is 36.6 Å². The molecule has 0 bridgehead atoms. The van der Waals surface area contributed by atoms with Crippen molar-refractivity contribution in [1.82, 2.24) is 10.2 Å². The van der Waals surface area contributed by atoms with Crippen LogP contribution in [0.2, 0.25) is 0 Å². The molecule has 0 radical (unpaired) electrons. The second-order valence-corrected chi connectivity index (χ2v) is 7.07. The normalized spacial score (nSPS) is 24.1. The summed E-state index contributed by atoms with van der Waals surface area (Å²) in [6, 6.07) is 1.59. The molecule has 2 nitrogen and oxygen atoms in total. The predicted molar refractivity (Wildman–Crippen MR) is 88.1 cm³/mol. The van der Waals surface area contributed by atoms with Gasteiger partial charge >= 0.3 is 0 Å². The SMILES string of the molecule is CC(C)=CCN1CCC(NC2CCCCCCC2)CC1. The van der Waals surface area contributed by atoms with Crippen molar-refractivity contribution in [3.63, 3.8) is 0 Å². The number of piperidine rings is 1. The average molecular weight is 278 g/mol. The fourth-order valence-electron chi connectivity index (χ4n) is 3.55. The summed E-state index contributed by atoms with van der Waals surface area (Å²) in [7, 11) is 0. The molecule has 2 rings (SSSR count). The van der Waals surface area contributed by atoms with E-state index in [9.17, 15) is 0 Å². The van der Waals surface area contributed by atoms with Gasteiger partial charge in [-0.15, -0.1) is 0 Å². The predicted octanol–water partition coefficient (Wildman–Crippen LogP) is 4.12. The smallest absolute Gasteiger partial charge is 0.0165 e. The lowest BCUT2D eigenvalue weighted by Gasteiger charge is -2.34. The topological polar surface area (TPSA) is 15.3 Å². The van der Waals surface area contributed by atoms with Gasteiger partial charge < -0.3 is 5.32 Å². The van der Waals surface area contributed by atoms with Gasteiger partial charge in [-0.05, 0) is 52.6 Å². The molecule has 1 aliphatic carbocycles. The van der Waals surface area contributed by atoms with Gasteiger partial charge in [-0.25, -0.2) is 0 Å². The Labute approximate surface area is 126 Å².